The monoisotopic (exact) mass is 304 g/mol. The third-order valence-corrected chi connectivity index (χ3v) is 2.40. The Morgan fingerprint density at radius 2 is 1.24 bits per heavy atom. The molecular formula is C15H28O6. The van der Waals surface area contributed by atoms with E-state index in [1.165, 1.54) is 0 Å². The lowest BCUT2D eigenvalue weighted by molar-refractivity contribution is -0.139. The van der Waals surface area contributed by atoms with E-state index in [1.807, 2.05) is 0 Å². The second-order valence-electron chi connectivity index (χ2n) is 4.17. The highest BCUT2D eigenvalue weighted by Crippen LogP contribution is 1.88. The SMILES string of the molecule is C=CC(=O)OCCOCCOCCOCCOCCCC. The van der Waals surface area contributed by atoms with Gasteiger partial charge in [0.25, 0.3) is 0 Å². The number of hydrogen-bond donors (Lipinski definition) is 0. The van der Waals surface area contributed by atoms with E-state index in [0.717, 1.165) is 25.5 Å². The molecule has 21 heavy (non-hydrogen) atoms. The lowest BCUT2D eigenvalue weighted by Gasteiger charge is -2.07. The number of carbonyl (C=O) groups is 1. The molecule has 0 aromatic carbocycles. The molecule has 0 aromatic heterocycles. The van der Waals surface area contributed by atoms with Crippen molar-refractivity contribution in [3.05, 3.63) is 12.7 Å². The minimum atomic E-state index is -0.439. The van der Waals surface area contributed by atoms with Gasteiger partial charge in [-0.2, -0.15) is 0 Å². The van der Waals surface area contributed by atoms with Gasteiger partial charge in [0.15, 0.2) is 0 Å². The smallest absolute Gasteiger partial charge is 0.330 e. The topological polar surface area (TPSA) is 63.2 Å². The van der Waals surface area contributed by atoms with Gasteiger partial charge < -0.3 is 23.7 Å². The van der Waals surface area contributed by atoms with E-state index in [0.29, 0.717) is 46.2 Å². The normalized spacial score (nSPS) is 10.5. The van der Waals surface area contributed by atoms with Gasteiger partial charge in [0.05, 0.1) is 46.2 Å². The number of rotatable bonds is 16. The first-order chi connectivity index (χ1) is 10.3. The van der Waals surface area contributed by atoms with E-state index in [2.05, 4.69) is 13.5 Å². The summed E-state index contributed by atoms with van der Waals surface area (Å²) >= 11 is 0. The Balaban J connectivity index is 2.99. The lowest BCUT2D eigenvalue weighted by Crippen LogP contribution is -2.14. The Morgan fingerprint density at radius 3 is 1.67 bits per heavy atom. The quantitative estimate of drug-likeness (QED) is 0.245. The van der Waals surface area contributed by atoms with Crippen LogP contribution in [-0.2, 0) is 28.5 Å². The molecule has 0 N–H and O–H groups in total. The molecule has 0 amide bonds. The van der Waals surface area contributed by atoms with E-state index >= 15 is 0 Å². The number of carbonyl (C=O) groups excluding carboxylic acids is 1. The molecule has 0 heterocycles. The Kier molecular flexibility index (Phi) is 16.3. The van der Waals surface area contributed by atoms with Gasteiger partial charge in [-0.3, -0.25) is 0 Å². The van der Waals surface area contributed by atoms with Crippen LogP contribution in [0.15, 0.2) is 12.7 Å². The standard InChI is InChI=1S/C15H28O6/c1-3-5-6-17-7-8-18-9-10-19-11-12-20-13-14-21-15(16)4-2/h4H,2-3,5-14H2,1H3. The minimum Gasteiger partial charge on any atom is -0.460 e. The highest BCUT2D eigenvalue weighted by Gasteiger charge is 1.95. The van der Waals surface area contributed by atoms with Crippen LogP contribution < -0.4 is 0 Å². The van der Waals surface area contributed by atoms with Crippen molar-refractivity contribution in [3.63, 3.8) is 0 Å². The van der Waals surface area contributed by atoms with Gasteiger partial charge >= 0.3 is 5.97 Å². The summed E-state index contributed by atoms with van der Waals surface area (Å²) in [6, 6.07) is 0. The van der Waals surface area contributed by atoms with Crippen molar-refractivity contribution >= 4 is 5.97 Å². The summed E-state index contributed by atoms with van der Waals surface area (Å²) in [5.41, 5.74) is 0. The van der Waals surface area contributed by atoms with E-state index in [1.54, 1.807) is 0 Å². The van der Waals surface area contributed by atoms with Crippen LogP contribution in [0.5, 0.6) is 0 Å². The van der Waals surface area contributed by atoms with Crippen LogP contribution in [0.4, 0.5) is 0 Å². The zero-order chi connectivity index (χ0) is 15.6. The van der Waals surface area contributed by atoms with Crippen molar-refractivity contribution in [1.82, 2.24) is 0 Å². The van der Waals surface area contributed by atoms with Crippen LogP contribution in [-0.4, -0.2) is 65.4 Å². The Hall–Kier alpha value is -0.950. The Labute approximate surface area is 127 Å². The molecule has 6 nitrogen and oxygen atoms in total. The van der Waals surface area contributed by atoms with Crippen molar-refractivity contribution in [1.29, 1.82) is 0 Å². The predicted molar refractivity (Wildman–Crippen MR) is 79.3 cm³/mol. The zero-order valence-corrected chi connectivity index (χ0v) is 13.0. The van der Waals surface area contributed by atoms with Crippen molar-refractivity contribution in [2.45, 2.75) is 19.8 Å². The van der Waals surface area contributed by atoms with Gasteiger partial charge in [-0.15, -0.1) is 0 Å². The highest BCUT2D eigenvalue weighted by atomic mass is 16.6. The fourth-order valence-corrected chi connectivity index (χ4v) is 1.27. The zero-order valence-electron chi connectivity index (χ0n) is 13.0. The molecule has 0 radical (unpaired) electrons. The molecular weight excluding hydrogens is 276 g/mol. The second kappa shape index (κ2) is 17.1. The molecule has 0 saturated carbocycles. The number of unbranched alkanes of at least 4 members (excludes halogenated alkanes) is 1. The molecule has 0 unspecified atom stereocenters. The van der Waals surface area contributed by atoms with Gasteiger partial charge in [0.1, 0.15) is 6.61 Å². The Morgan fingerprint density at radius 1 is 0.810 bits per heavy atom. The van der Waals surface area contributed by atoms with Crippen LogP contribution in [0.3, 0.4) is 0 Å². The van der Waals surface area contributed by atoms with Crippen molar-refractivity contribution < 1.29 is 28.5 Å². The fourth-order valence-electron chi connectivity index (χ4n) is 1.27. The molecule has 0 spiro atoms. The third kappa shape index (κ3) is 17.0. The predicted octanol–water partition coefficient (Wildman–Crippen LogP) is 1.58. The molecule has 0 atom stereocenters. The first kappa shape index (κ1) is 20.1. The van der Waals surface area contributed by atoms with E-state index in [-0.39, 0.29) is 6.61 Å². The molecule has 0 aromatic rings. The summed E-state index contributed by atoms with van der Waals surface area (Å²) in [7, 11) is 0. The first-order valence-corrected chi connectivity index (χ1v) is 7.41. The molecule has 0 bridgehead atoms. The van der Waals surface area contributed by atoms with Gasteiger partial charge in [-0.05, 0) is 6.42 Å². The van der Waals surface area contributed by atoms with Crippen molar-refractivity contribution in [3.8, 4) is 0 Å². The molecule has 6 heteroatoms. The summed E-state index contributed by atoms with van der Waals surface area (Å²) in [4.78, 5) is 10.7. The highest BCUT2D eigenvalue weighted by molar-refractivity contribution is 5.81. The van der Waals surface area contributed by atoms with Crippen LogP contribution in [0.25, 0.3) is 0 Å². The van der Waals surface area contributed by atoms with Gasteiger partial charge in [-0.25, -0.2) is 4.79 Å². The van der Waals surface area contributed by atoms with E-state index in [4.69, 9.17) is 23.7 Å². The van der Waals surface area contributed by atoms with Crippen LogP contribution in [0, 0.1) is 0 Å². The largest absolute Gasteiger partial charge is 0.460 e. The maximum absolute atomic E-state index is 10.7. The second-order valence-corrected chi connectivity index (χ2v) is 4.17. The molecule has 0 saturated heterocycles. The molecule has 0 fully saturated rings. The minimum absolute atomic E-state index is 0.228. The molecule has 124 valence electrons. The lowest BCUT2D eigenvalue weighted by atomic mass is 10.4. The van der Waals surface area contributed by atoms with Crippen molar-refractivity contribution in [2.75, 3.05) is 59.5 Å². The summed E-state index contributed by atoms with van der Waals surface area (Å²) in [6.07, 6.45) is 3.36. The Bertz CT molecular complexity index is 244. The summed E-state index contributed by atoms with van der Waals surface area (Å²) in [5.74, 6) is -0.439. The van der Waals surface area contributed by atoms with Crippen LogP contribution in [0.2, 0.25) is 0 Å². The summed E-state index contributed by atoms with van der Waals surface area (Å²) in [6.45, 7) is 10.1. The first-order valence-electron chi connectivity index (χ1n) is 7.41. The van der Waals surface area contributed by atoms with E-state index < -0.39 is 5.97 Å². The molecule has 0 aliphatic carbocycles. The average Bonchev–Trinajstić information content (AvgIpc) is 2.50. The van der Waals surface area contributed by atoms with Gasteiger partial charge in [-0.1, -0.05) is 19.9 Å². The maximum Gasteiger partial charge on any atom is 0.330 e. The average molecular weight is 304 g/mol. The molecule has 0 aliphatic heterocycles. The fraction of sp³-hybridized carbons (Fsp3) is 0.800. The number of ether oxygens (including phenoxy) is 5. The number of esters is 1. The molecule has 0 rings (SSSR count). The summed E-state index contributed by atoms with van der Waals surface area (Å²) in [5, 5.41) is 0. The maximum atomic E-state index is 10.7. The molecule has 0 aliphatic rings. The third-order valence-electron chi connectivity index (χ3n) is 2.40. The summed E-state index contributed by atoms with van der Waals surface area (Å²) < 4.78 is 26.0. The van der Waals surface area contributed by atoms with Gasteiger partial charge in [0.2, 0.25) is 0 Å². The van der Waals surface area contributed by atoms with Crippen LogP contribution >= 0.6 is 0 Å². The van der Waals surface area contributed by atoms with Crippen LogP contribution in [0.1, 0.15) is 19.8 Å². The van der Waals surface area contributed by atoms with Crippen molar-refractivity contribution in [2.24, 2.45) is 0 Å². The number of hydrogen-bond acceptors (Lipinski definition) is 6. The van der Waals surface area contributed by atoms with E-state index in [9.17, 15) is 4.79 Å². The van der Waals surface area contributed by atoms with Gasteiger partial charge in [0, 0.05) is 12.7 Å².